The van der Waals surface area contributed by atoms with Gasteiger partial charge in [0.05, 0.1) is 0 Å². The van der Waals surface area contributed by atoms with Gasteiger partial charge in [0, 0.05) is 25.1 Å². The van der Waals surface area contributed by atoms with Gasteiger partial charge >= 0.3 is 0 Å². The molecular formula is C14H18FNO. The summed E-state index contributed by atoms with van der Waals surface area (Å²) in [6, 6.07) is 4.83. The van der Waals surface area contributed by atoms with E-state index in [0.29, 0.717) is 5.41 Å². The van der Waals surface area contributed by atoms with Gasteiger partial charge in [-0.3, -0.25) is 0 Å². The van der Waals surface area contributed by atoms with E-state index in [1.54, 1.807) is 12.1 Å². The highest BCUT2D eigenvalue weighted by Gasteiger charge is 2.39. The fourth-order valence-electron chi connectivity index (χ4n) is 2.90. The van der Waals surface area contributed by atoms with Gasteiger partial charge < -0.3 is 10.1 Å². The molecular weight excluding hydrogens is 217 g/mol. The molecule has 92 valence electrons. The van der Waals surface area contributed by atoms with E-state index in [4.69, 9.17) is 4.74 Å². The molecule has 1 atom stereocenters. The maximum atomic E-state index is 13.1. The minimum absolute atomic E-state index is 0.163. The highest BCUT2D eigenvalue weighted by Crippen LogP contribution is 2.38. The molecule has 1 saturated heterocycles. The lowest BCUT2D eigenvalue weighted by Gasteiger charge is -2.43. The van der Waals surface area contributed by atoms with Crippen LogP contribution in [0.15, 0.2) is 18.2 Å². The van der Waals surface area contributed by atoms with Gasteiger partial charge in [-0.2, -0.15) is 0 Å². The molecule has 0 aromatic heterocycles. The topological polar surface area (TPSA) is 21.3 Å². The van der Waals surface area contributed by atoms with E-state index >= 15 is 0 Å². The average Bonchev–Trinajstić information content (AvgIpc) is 2.65. The Balaban J connectivity index is 1.70. The Morgan fingerprint density at radius 1 is 1.47 bits per heavy atom. The number of fused-ring (bicyclic) bond motifs is 1. The summed E-state index contributed by atoms with van der Waals surface area (Å²) >= 11 is 0. The van der Waals surface area contributed by atoms with Crippen LogP contribution >= 0.6 is 0 Å². The van der Waals surface area contributed by atoms with Crippen LogP contribution in [0.3, 0.4) is 0 Å². The third-order valence-electron chi connectivity index (χ3n) is 4.17. The van der Waals surface area contributed by atoms with E-state index in [-0.39, 0.29) is 11.9 Å². The van der Waals surface area contributed by atoms with Crippen LogP contribution in [0.1, 0.15) is 25.3 Å². The van der Waals surface area contributed by atoms with E-state index in [0.717, 1.165) is 37.2 Å². The molecule has 1 fully saturated rings. The first-order valence-electron chi connectivity index (χ1n) is 6.37. The number of halogens is 1. The van der Waals surface area contributed by atoms with Crippen molar-refractivity contribution in [2.75, 3.05) is 13.1 Å². The van der Waals surface area contributed by atoms with Crippen molar-refractivity contribution in [1.29, 1.82) is 0 Å². The van der Waals surface area contributed by atoms with Gasteiger partial charge in [-0.05, 0) is 36.5 Å². The van der Waals surface area contributed by atoms with E-state index in [1.807, 2.05) is 0 Å². The second-order valence-corrected chi connectivity index (χ2v) is 5.36. The molecule has 2 aliphatic rings. The predicted molar refractivity (Wildman–Crippen MR) is 64.7 cm³/mol. The number of nitrogens with one attached hydrogen (secondary N) is 1. The van der Waals surface area contributed by atoms with Crippen LogP contribution in [0.25, 0.3) is 0 Å². The number of benzene rings is 1. The molecule has 17 heavy (non-hydrogen) atoms. The minimum atomic E-state index is -0.163. The molecule has 3 rings (SSSR count). The van der Waals surface area contributed by atoms with E-state index in [2.05, 4.69) is 12.2 Å². The van der Waals surface area contributed by atoms with Gasteiger partial charge in [0.25, 0.3) is 0 Å². The van der Waals surface area contributed by atoms with Crippen molar-refractivity contribution in [2.24, 2.45) is 5.41 Å². The van der Waals surface area contributed by atoms with Crippen LogP contribution in [0.4, 0.5) is 4.39 Å². The predicted octanol–water partition coefficient (Wildman–Crippen LogP) is 2.52. The molecule has 0 bridgehead atoms. The number of hydrogen-bond acceptors (Lipinski definition) is 2. The molecule has 0 amide bonds. The summed E-state index contributed by atoms with van der Waals surface area (Å²) in [7, 11) is 0. The summed E-state index contributed by atoms with van der Waals surface area (Å²) in [6.07, 6.45) is 3.35. The fraction of sp³-hybridized carbons (Fsp3) is 0.571. The zero-order valence-electron chi connectivity index (χ0n) is 10.1. The lowest BCUT2D eigenvalue weighted by molar-refractivity contribution is 0.0797. The second-order valence-electron chi connectivity index (χ2n) is 5.36. The highest BCUT2D eigenvalue weighted by molar-refractivity contribution is 5.38. The van der Waals surface area contributed by atoms with Crippen LogP contribution in [-0.4, -0.2) is 19.2 Å². The van der Waals surface area contributed by atoms with Crippen molar-refractivity contribution in [3.05, 3.63) is 29.6 Å². The Bertz CT molecular complexity index is 423. The maximum absolute atomic E-state index is 13.1. The Morgan fingerprint density at radius 3 is 2.94 bits per heavy atom. The van der Waals surface area contributed by atoms with Crippen molar-refractivity contribution in [1.82, 2.24) is 5.32 Å². The molecule has 0 spiro atoms. The number of rotatable bonds is 3. The molecule has 0 saturated carbocycles. The Hall–Kier alpha value is -1.09. The zero-order chi connectivity index (χ0) is 11.9. The van der Waals surface area contributed by atoms with Gasteiger partial charge in [-0.25, -0.2) is 4.39 Å². The molecule has 2 aliphatic heterocycles. The summed E-state index contributed by atoms with van der Waals surface area (Å²) in [5.41, 5.74) is 1.43. The standard InChI is InChI=1S/C14H18FNO/c1-2-14(8-16-9-14)7-12-6-10-5-11(15)3-4-13(10)17-12/h3-5,12,16H,2,6-9H2,1H3. The average molecular weight is 235 g/mol. The van der Waals surface area contributed by atoms with E-state index < -0.39 is 0 Å². The fourth-order valence-corrected chi connectivity index (χ4v) is 2.90. The first kappa shape index (κ1) is 11.0. The molecule has 3 heteroatoms. The zero-order valence-corrected chi connectivity index (χ0v) is 10.1. The van der Waals surface area contributed by atoms with Crippen LogP contribution in [0, 0.1) is 11.2 Å². The van der Waals surface area contributed by atoms with Gasteiger partial charge in [0.1, 0.15) is 17.7 Å². The number of ether oxygens (including phenoxy) is 1. The van der Waals surface area contributed by atoms with E-state index in [1.165, 1.54) is 12.5 Å². The van der Waals surface area contributed by atoms with Crippen molar-refractivity contribution in [3.63, 3.8) is 0 Å². The Labute approximate surface area is 101 Å². The third-order valence-corrected chi connectivity index (χ3v) is 4.17. The van der Waals surface area contributed by atoms with Crippen molar-refractivity contribution < 1.29 is 9.13 Å². The molecule has 0 aliphatic carbocycles. The van der Waals surface area contributed by atoms with Gasteiger partial charge in [0.2, 0.25) is 0 Å². The number of hydrogen-bond donors (Lipinski definition) is 1. The second kappa shape index (κ2) is 3.98. The van der Waals surface area contributed by atoms with Crippen molar-refractivity contribution in [2.45, 2.75) is 32.3 Å². The molecule has 0 radical (unpaired) electrons. The lowest BCUT2D eigenvalue weighted by Crippen LogP contribution is -2.54. The summed E-state index contributed by atoms with van der Waals surface area (Å²) < 4.78 is 19.0. The maximum Gasteiger partial charge on any atom is 0.123 e. The largest absolute Gasteiger partial charge is 0.490 e. The van der Waals surface area contributed by atoms with Crippen molar-refractivity contribution >= 4 is 0 Å². The Morgan fingerprint density at radius 2 is 2.29 bits per heavy atom. The van der Waals surface area contributed by atoms with Gasteiger partial charge in [-0.1, -0.05) is 6.92 Å². The first-order valence-corrected chi connectivity index (χ1v) is 6.37. The quantitative estimate of drug-likeness (QED) is 0.869. The molecule has 1 unspecified atom stereocenters. The minimum Gasteiger partial charge on any atom is -0.490 e. The molecule has 1 aromatic rings. The summed E-state index contributed by atoms with van der Waals surface area (Å²) in [4.78, 5) is 0. The summed E-state index contributed by atoms with van der Waals surface area (Å²) in [5, 5.41) is 3.34. The highest BCUT2D eigenvalue weighted by atomic mass is 19.1. The van der Waals surface area contributed by atoms with Crippen molar-refractivity contribution in [3.8, 4) is 5.75 Å². The molecule has 2 nitrogen and oxygen atoms in total. The SMILES string of the molecule is CCC1(CC2Cc3cc(F)ccc3O2)CNC1. The third kappa shape index (κ3) is 1.93. The normalized spacial score (nSPS) is 24.9. The monoisotopic (exact) mass is 235 g/mol. The van der Waals surface area contributed by atoms with Crippen LogP contribution in [0.5, 0.6) is 5.75 Å². The molecule has 1 aromatic carbocycles. The van der Waals surface area contributed by atoms with Gasteiger partial charge in [-0.15, -0.1) is 0 Å². The Kier molecular flexibility index (Phi) is 2.58. The smallest absolute Gasteiger partial charge is 0.123 e. The molecule has 1 N–H and O–H groups in total. The summed E-state index contributed by atoms with van der Waals surface area (Å²) in [6.45, 7) is 4.42. The summed E-state index contributed by atoms with van der Waals surface area (Å²) in [5.74, 6) is 0.707. The molecule has 2 heterocycles. The van der Waals surface area contributed by atoms with Crippen LogP contribution in [0.2, 0.25) is 0 Å². The van der Waals surface area contributed by atoms with Crippen LogP contribution in [-0.2, 0) is 6.42 Å². The van der Waals surface area contributed by atoms with E-state index in [9.17, 15) is 4.39 Å². The first-order chi connectivity index (χ1) is 8.21. The lowest BCUT2D eigenvalue weighted by atomic mass is 9.74. The van der Waals surface area contributed by atoms with Crippen LogP contribution < -0.4 is 10.1 Å². The van der Waals surface area contributed by atoms with Gasteiger partial charge in [0.15, 0.2) is 0 Å².